The number of esters is 1. The number of benzene rings is 1. The van der Waals surface area contributed by atoms with Crippen molar-refractivity contribution in [1.29, 1.82) is 0 Å². The number of ether oxygens (including phenoxy) is 1. The second-order valence-electron chi connectivity index (χ2n) is 3.50. The first-order valence-electron chi connectivity index (χ1n) is 5.24. The van der Waals surface area contributed by atoms with Crippen LogP contribution in [-0.2, 0) is 10.5 Å². The van der Waals surface area contributed by atoms with Gasteiger partial charge in [0.05, 0.1) is 19.1 Å². The number of hydrogen-bond donors (Lipinski definition) is 0. The average Bonchev–Trinajstić information content (AvgIpc) is 2.84. The van der Waals surface area contributed by atoms with Crippen LogP contribution in [0.2, 0.25) is 0 Å². The van der Waals surface area contributed by atoms with E-state index in [0.717, 1.165) is 9.37 Å². The number of carbonyl (C=O) groups is 1. The van der Waals surface area contributed by atoms with E-state index in [4.69, 9.17) is 9.15 Å². The molecule has 18 heavy (non-hydrogen) atoms. The second kappa shape index (κ2) is 6.11. The molecule has 0 bridgehead atoms. The summed E-state index contributed by atoms with van der Waals surface area (Å²) < 4.78 is 11.0. The van der Waals surface area contributed by atoms with E-state index in [-0.39, 0.29) is 5.97 Å². The maximum Gasteiger partial charge on any atom is 0.341 e. The van der Waals surface area contributed by atoms with E-state index in [0.29, 0.717) is 17.1 Å². The molecule has 0 saturated carbocycles. The van der Waals surface area contributed by atoms with Crippen LogP contribution in [0.4, 0.5) is 0 Å². The molecule has 0 N–H and O–H groups in total. The van der Waals surface area contributed by atoms with Crippen molar-refractivity contribution in [2.24, 2.45) is 0 Å². The monoisotopic (exact) mass is 326 g/mol. The fourth-order valence-electron chi connectivity index (χ4n) is 1.45. The Balaban J connectivity index is 2.07. The van der Waals surface area contributed by atoms with Gasteiger partial charge in [0.1, 0.15) is 11.3 Å². The molecule has 2 aromatic rings. The summed E-state index contributed by atoms with van der Waals surface area (Å²) in [4.78, 5) is 12.6. The minimum Gasteiger partial charge on any atom is -0.468 e. The third-order valence-corrected chi connectivity index (χ3v) is 3.80. The Kier molecular flexibility index (Phi) is 4.49. The zero-order valence-electron chi connectivity index (χ0n) is 9.68. The van der Waals surface area contributed by atoms with E-state index in [1.807, 2.05) is 24.3 Å². The van der Waals surface area contributed by atoms with Crippen LogP contribution in [0.1, 0.15) is 16.1 Å². The van der Waals surface area contributed by atoms with Crippen LogP contribution >= 0.6 is 27.7 Å². The average molecular weight is 327 g/mol. The molecule has 0 fully saturated rings. The van der Waals surface area contributed by atoms with Gasteiger partial charge in [-0.25, -0.2) is 4.79 Å². The van der Waals surface area contributed by atoms with Gasteiger partial charge in [0.2, 0.25) is 0 Å². The molecule has 0 aliphatic heterocycles. The molecule has 3 nitrogen and oxygen atoms in total. The normalized spacial score (nSPS) is 10.3. The van der Waals surface area contributed by atoms with Crippen molar-refractivity contribution in [3.05, 3.63) is 52.4 Å². The second-order valence-corrected chi connectivity index (χ2v) is 5.46. The number of halogens is 1. The lowest BCUT2D eigenvalue weighted by molar-refractivity contribution is 0.0598. The van der Waals surface area contributed by atoms with Crippen LogP contribution < -0.4 is 0 Å². The number of rotatable bonds is 4. The van der Waals surface area contributed by atoms with Gasteiger partial charge in [0.15, 0.2) is 0 Å². The minimum absolute atomic E-state index is 0.367. The van der Waals surface area contributed by atoms with E-state index in [9.17, 15) is 4.79 Å². The number of carbonyl (C=O) groups excluding carboxylic acids is 1. The Morgan fingerprint density at radius 1 is 1.44 bits per heavy atom. The summed E-state index contributed by atoms with van der Waals surface area (Å²) in [5.74, 6) is 0.855. The van der Waals surface area contributed by atoms with Gasteiger partial charge in [-0.3, -0.25) is 0 Å². The molecule has 1 aromatic carbocycles. The van der Waals surface area contributed by atoms with Crippen molar-refractivity contribution < 1.29 is 13.9 Å². The highest BCUT2D eigenvalue weighted by Gasteiger charge is 2.14. The molecule has 0 radical (unpaired) electrons. The van der Waals surface area contributed by atoms with Crippen molar-refractivity contribution in [2.75, 3.05) is 7.11 Å². The molecule has 0 atom stereocenters. The third kappa shape index (κ3) is 3.17. The van der Waals surface area contributed by atoms with Crippen molar-refractivity contribution in [3.63, 3.8) is 0 Å². The summed E-state index contributed by atoms with van der Waals surface area (Å²) in [6.45, 7) is 0. The first kappa shape index (κ1) is 13.2. The van der Waals surface area contributed by atoms with Crippen molar-refractivity contribution in [2.45, 2.75) is 10.6 Å². The van der Waals surface area contributed by atoms with Gasteiger partial charge in [-0.05, 0) is 24.3 Å². The van der Waals surface area contributed by atoms with E-state index < -0.39 is 0 Å². The summed E-state index contributed by atoms with van der Waals surface area (Å²) >= 11 is 5.02. The molecule has 0 saturated heterocycles. The highest BCUT2D eigenvalue weighted by molar-refractivity contribution is 9.10. The van der Waals surface area contributed by atoms with Crippen LogP contribution in [0.3, 0.4) is 0 Å². The molecular formula is C13H11BrO3S. The molecule has 0 amide bonds. The summed E-state index contributed by atoms with van der Waals surface area (Å²) in [6.07, 6.45) is 1.50. The Labute approximate surface area is 118 Å². The zero-order chi connectivity index (χ0) is 13.0. The SMILES string of the molecule is COC(=O)c1ccoc1CSc1cccc(Br)c1. The lowest BCUT2D eigenvalue weighted by Crippen LogP contribution is -2.02. The standard InChI is InChI=1S/C13H11BrO3S/c1-16-13(15)11-5-6-17-12(11)8-18-10-4-2-3-9(14)7-10/h2-7H,8H2,1H3. The number of thioether (sulfide) groups is 1. The van der Waals surface area contributed by atoms with E-state index in [2.05, 4.69) is 15.9 Å². The van der Waals surface area contributed by atoms with Gasteiger partial charge < -0.3 is 9.15 Å². The van der Waals surface area contributed by atoms with E-state index in [1.165, 1.54) is 13.4 Å². The highest BCUT2D eigenvalue weighted by atomic mass is 79.9. The molecule has 0 spiro atoms. The molecule has 0 aliphatic carbocycles. The smallest absolute Gasteiger partial charge is 0.341 e. The van der Waals surface area contributed by atoms with E-state index in [1.54, 1.807) is 17.8 Å². The molecule has 94 valence electrons. The maximum absolute atomic E-state index is 11.5. The third-order valence-electron chi connectivity index (χ3n) is 2.32. The van der Waals surface area contributed by atoms with Gasteiger partial charge >= 0.3 is 5.97 Å². The number of hydrogen-bond acceptors (Lipinski definition) is 4. The lowest BCUT2D eigenvalue weighted by atomic mass is 10.3. The first-order chi connectivity index (χ1) is 8.70. The predicted molar refractivity (Wildman–Crippen MR) is 73.8 cm³/mol. The van der Waals surface area contributed by atoms with Crippen LogP contribution in [0.5, 0.6) is 0 Å². The van der Waals surface area contributed by atoms with Crippen LogP contribution in [0.25, 0.3) is 0 Å². The zero-order valence-corrected chi connectivity index (χ0v) is 12.1. The molecule has 1 heterocycles. The molecule has 0 aliphatic rings. The molecule has 0 unspecified atom stereocenters. The van der Waals surface area contributed by atoms with Gasteiger partial charge in [-0.1, -0.05) is 22.0 Å². The van der Waals surface area contributed by atoms with Gasteiger partial charge in [-0.15, -0.1) is 11.8 Å². The van der Waals surface area contributed by atoms with Crippen molar-refractivity contribution in [1.82, 2.24) is 0 Å². The largest absolute Gasteiger partial charge is 0.468 e. The quantitative estimate of drug-likeness (QED) is 0.625. The van der Waals surface area contributed by atoms with Crippen molar-refractivity contribution in [3.8, 4) is 0 Å². The van der Waals surface area contributed by atoms with Crippen LogP contribution in [-0.4, -0.2) is 13.1 Å². The minimum atomic E-state index is -0.367. The topological polar surface area (TPSA) is 39.4 Å². The molecule has 2 rings (SSSR count). The summed E-state index contributed by atoms with van der Waals surface area (Å²) in [5, 5.41) is 0. The van der Waals surface area contributed by atoms with Crippen LogP contribution in [0, 0.1) is 0 Å². The van der Waals surface area contributed by atoms with E-state index >= 15 is 0 Å². The lowest BCUT2D eigenvalue weighted by Gasteiger charge is -2.02. The fourth-order valence-corrected chi connectivity index (χ4v) is 2.91. The number of furan rings is 1. The first-order valence-corrected chi connectivity index (χ1v) is 7.01. The molecule has 1 aromatic heterocycles. The van der Waals surface area contributed by atoms with Gasteiger partial charge in [0, 0.05) is 9.37 Å². The maximum atomic E-state index is 11.5. The number of methoxy groups -OCH3 is 1. The summed E-state index contributed by atoms with van der Waals surface area (Å²) in [5.41, 5.74) is 0.486. The van der Waals surface area contributed by atoms with Gasteiger partial charge in [-0.2, -0.15) is 0 Å². The highest BCUT2D eigenvalue weighted by Crippen LogP contribution is 2.27. The Bertz CT molecular complexity index is 551. The van der Waals surface area contributed by atoms with Crippen LogP contribution in [0.15, 0.2) is 50.4 Å². The molecule has 5 heteroatoms. The Hall–Kier alpha value is -1.20. The predicted octanol–water partition coefficient (Wildman–Crippen LogP) is 4.12. The Morgan fingerprint density at radius 3 is 3.00 bits per heavy atom. The van der Waals surface area contributed by atoms with Gasteiger partial charge in [0.25, 0.3) is 0 Å². The summed E-state index contributed by atoms with van der Waals surface area (Å²) in [6, 6.07) is 9.59. The fraction of sp³-hybridized carbons (Fsp3) is 0.154. The summed E-state index contributed by atoms with van der Waals surface area (Å²) in [7, 11) is 1.36. The Morgan fingerprint density at radius 2 is 2.28 bits per heavy atom. The van der Waals surface area contributed by atoms with Crippen molar-refractivity contribution >= 4 is 33.7 Å². The molecular weight excluding hydrogens is 316 g/mol.